The summed E-state index contributed by atoms with van der Waals surface area (Å²) < 4.78 is 51.2. The van der Waals surface area contributed by atoms with Crippen molar-refractivity contribution >= 4 is 29.5 Å². The van der Waals surface area contributed by atoms with Crippen molar-refractivity contribution in [2.24, 2.45) is 10.2 Å². The monoisotopic (exact) mass is 598 g/mol. The SMILES string of the molecule is C=CCOC(=O)CCc1c(C(=O)OC(C)(C)C)[nH]c(/C=C2/NC(=O)C(CC)=C2c2ccc(C3(C(F)(F)F)N=N3)cc2)c1C. The summed E-state index contributed by atoms with van der Waals surface area (Å²) in [5, 5.41) is 9.34. The van der Waals surface area contributed by atoms with Gasteiger partial charge in [-0.15, -0.1) is 10.2 Å². The normalized spacial score (nSPS) is 16.8. The van der Waals surface area contributed by atoms with Gasteiger partial charge < -0.3 is 19.8 Å². The first kappa shape index (κ1) is 31.5. The van der Waals surface area contributed by atoms with Crippen molar-refractivity contribution in [1.82, 2.24) is 10.3 Å². The maximum absolute atomic E-state index is 13.5. The second-order valence-corrected chi connectivity index (χ2v) is 11.2. The number of rotatable bonds is 10. The van der Waals surface area contributed by atoms with E-state index in [0.717, 1.165) is 0 Å². The first-order valence-corrected chi connectivity index (χ1v) is 13.7. The summed E-state index contributed by atoms with van der Waals surface area (Å²) >= 11 is 0. The molecule has 4 rings (SSSR count). The van der Waals surface area contributed by atoms with Gasteiger partial charge in [0.1, 0.15) is 17.9 Å². The molecule has 1 amide bonds. The van der Waals surface area contributed by atoms with E-state index in [4.69, 9.17) is 9.47 Å². The molecule has 0 bridgehead atoms. The maximum atomic E-state index is 13.5. The molecule has 43 heavy (non-hydrogen) atoms. The Bertz CT molecular complexity index is 1550. The number of aromatic nitrogens is 1. The van der Waals surface area contributed by atoms with E-state index in [1.54, 1.807) is 40.7 Å². The van der Waals surface area contributed by atoms with Crippen molar-refractivity contribution in [3.8, 4) is 0 Å². The van der Waals surface area contributed by atoms with Gasteiger partial charge in [-0.1, -0.05) is 43.8 Å². The Morgan fingerprint density at radius 1 is 1.12 bits per heavy atom. The van der Waals surface area contributed by atoms with Crippen LogP contribution in [0.2, 0.25) is 0 Å². The number of nitrogens with zero attached hydrogens (tertiary/aromatic N) is 2. The molecule has 0 radical (unpaired) electrons. The van der Waals surface area contributed by atoms with E-state index in [9.17, 15) is 27.6 Å². The zero-order chi connectivity index (χ0) is 31.7. The van der Waals surface area contributed by atoms with Gasteiger partial charge in [0, 0.05) is 28.8 Å². The van der Waals surface area contributed by atoms with Gasteiger partial charge >= 0.3 is 23.8 Å². The lowest BCUT2D eigenvalue weighted by molar-refractivity contribution is -0.166. The number of carbonyl (C=O) groups excluding carboxylic acids is 3. The standard InChI is InChI=1S/C31H33F3N4O5/c1-7-15-42-24(39)14-13-21-17(3)22(35-26(21)28(41)43-29(4,5)6)16-23-25(20(8-2)27(40)36-23)18-9-11-19(12-10-18)30(37-38-30)31(32,33)34/h7,9-12,16,35H,1,8,13-15H2,2-6H3,(H,36,40)/b23-16+. The van der Waals surface area contributed by atoms with E-state index >= 15 is 0 Å². The average molecular weight is 599 g/mol. The number of allylic oxidation sites excluding steroid dienone is 1. The van der Waals surface area contributed by atoms with Crippen molar-refractivity contribution in [1.29, 1.82) is 0 Å². The van der Waals surface area contributed by atoms with Crippen LogP contribution in [0.1, 0.15) is 79.0 Å². The van der Waals surface area contributed by atoms with Crippen LogP contribution in [-0.4, -0.2) is 41.2 Å². The maximum Gasteiger partial charge on any atom is 0.442 e. The summed E-state index contributed by atoms with van der Waals surface area (Å²) in [7, 11) is 0. The fourth-order valence-electron chi connectivity index (χ4n) is 4.83. The highest BCUT2D eigenvalue weighted by atomic mass is 19.4. The van der Waals surface area contributed by atoms with Crippen LogP contribution >= 0.6 is 0 Å². The molecule has 9 nitrogen and oxygen atoms in total. The Balaban J connectivity index is 1.73. The molecule has 2 aliphatic heterocycles. The third kappa shape index (κ3) is 6.47. The van der Waals surface area contributed by atoms with Gasteiger partial charge in [-0.3, -0.25) is 9.59 Å². The Hall–Kier alpha value is -4.48. The molecule has 1 aromatic carbocycles. The molecule has 0 saturated heterocycles. The Morgan fingerprint density at radius 2 is 1.77 bits per heavy atom. The van der Waals surface area contributed by atoms with Crippen molar-refractivity contribution in [3.05, 3.63) is 81.8 Å². The van der Waals surface area contributed by atoms with E-state index in [2.05, 4.69) is 27.1 Å². The number of hydrogen-bond donors (Lipinski definition) is 2. The van der Waals surface area contributed by atoms with E-state index in [-0.39, 0.29) is 36.6 Å². The minimum Gasteiger partial charge on any atom is -0.461 e. The second kappa shape index (κ2) is 11.7. The van der Waals surface area contributed by atoms with Gasteiger partial charge in [-0.2, -0.15) is 13.2 Å². The number of esters is 2. The molecule has 228 valence electrons. The zero-order valence-electron chi connectivity index (χ0n) is 24.6. The number of ether oxygens (including phenoxy) is 2. The summed E-state index contributed by atoms with van der Waals surface area (Å²) in [6.45, 7) is 12.4. The fraction of sp³-hybridized carbons (Fsp3) is 0.387. The minimum atomic E-state index is -4.66. The summed E-state index contributed by atoms with van der Waals surface area (Å²) in [6.07, 6.45) is -0.985. The second-order valence-electron chi connectivity index (χ2n) is 11.2. The molecule has 2 aromatic rings. The smallest absolute Gasteiger partial charge is 0.442 e. The number of aromatic amines is 1. The molecule has 0 unspecified atom stereocenters. The van der Waals surface area contributed by atoms with Gasteiger partial charge in [0.05, 0.1) is 5.70 Å². The first-order valence-electron chi connectivity index (χ1n) is 13.7. The Labute approximate surface area is 246 Å². The molecule has 1 aromatic heterocycles. The molecular formula is C31H33F3N4O5. The van der Waals surface area contributed by atoms with Crippen LogP contribution in [0.15, 0.2) is 58.4 Å². The number of carbonyl (C=O) groups is 3. The van der Waals surface area contributed by atoms with Gasteiger partial charge in [-0.05, 0) is 63.3 Å². The number of H-pyrrole nitrogens is 1. The van der Waals surface area contributed by atoms with Crippen molar-refractivity contribution in [3.63, 3.8) is 0 Å². The summed E-state index contributed by atoms with van der Waals surface area (Å²) in [6, 6.07) is 5.60. The number of nitrogens with one attached hydrogen (secondary N) is 2. The van der Waals surface area contributed by atoms with Crippen molar-refractivity contribution in [2.75, 3.05) is 6.61 Å². The van der Waals surface area contributed by atoms with Crippen LogP contribution in [0.25, 0.3) is 11.6 Å². The lowest BCUT2D eigenvalue weighted by Gasteiger charge is -2.19. The van der Waals surface area contributed by atoms with Crippen LogP contribution in [0.5, 0.6) is 0 Å². The van der Waals surface area contributed by atoms with Crippen molar-refractivity contribution < 1.29 is 37.0 Å². The van der Waals surface area contributed by atoms with Crippen LogP contribution in [0, 0.1) is 6.92 Å². The summed E-state index contributed by atoms with van der Waals surface area (Å²) in [5.41, 5.74) is 0.306. The fourth-order valence-corrected chi connectivity index (χ4v) is 4.83. The molecule has 3 heterocycles. The predicted molar refractivity (Wildman–Crippen MR) is 153 cm³/mol. The average Bonchev–Trinajstić information content (AvgIpc) is 3.61. The van der Waals surface area contributed by atoms with Gasteiger partial charge in [0.25, 0.3) is 5.91 Å². The molecular weight excluding hydrogens is 565 g/mol. The largest absolute Gasteiger partial charge is 0.461 e. The van der Waals surface area contributed by atoms with Crippen LogP contribution in [-0.2, 0) is 31.1 Å². The molecule has 0 aliphatic carbocycles. The zero-order valence-corrected chi connectivity index (χ0v) is 24.6. The summed E-state index contributed by atoms with van der Waals surface area (Å²) in [4.78, 5) is 41.4. The van der Waals surface area contributed by atoms with E-state index in [1.807, 2.05) is 0 Å². The topological polar surface area (TPSA) is 122 Å². The minimum absolute atomic E-state index is 0.00452. The number of alkyl halides is 3. The van der Waals surface area contributed by atoms with Gasteiger partial charge in [-0.25, -0.2) is 4.79 Å². The molecule has 2 aliphatic rings. The molecule has 0 fully saturated rings. The van der Waals surface area contributed by atoms with Crippen LogP contribution < -0.4 is 5.32 Å². The molecule has 12 heteroatoms. The lowest BCUT2D eigenvalue weighted by atomic mass is 9.94. The van der Waals surface area contributed by atoms with Crippen molar-refractivity contribution in [2.45, 2.75) is 71.3 Å². The molecule has 0 atom stereocenters. The van der Waals surface area contributed by atoms with E-state index < -0.39 is 29.4 Å². The number of halogens is 3. The Morgan fingerprint density at radius 3 is 2.30 bits per heavy atom. The van der Waals surface area contributed by atoms with Crippen LogP contribution in [0.4, 0.5) is 13.2 Å². The predicted octanol–water partition coefficient (Wildman–Crippen LogP) is 6.46. The molecule has 0 spiro atoms. The third-order valence-electron chi connectivity index (χ3n) is 6.97. The highest BCUT2D eigenvalue weighted by Crippen LogP contribution is 2.52. The Kier molecular flexibility index (Phi) is 8.53. The van der Waals surface area contributed by atoms with E-state index in [0.29, 0.717) is 45.6 Å². The van der Waals surface area contributed by atoms with Gasteiger partial charge in [0.2, 0.25) is 0 Å². The van der Waals surface area contributed by atoms with E-state index in [1.165, 1.54) is 30.3 Å². The lowest BCUT2D eigenvalue weighted by Crippen LogP contribution is -2.30. The quantitative estimate of drug-likeness (QED) is 0.240. The van der Waals surface area contributed by atoms with Crippen LogP contribution in [0.3, 0.4) is 0 Å². The molecule has 0 saturated carbocycles. The highest BCUT2D eigenvalue weighted by molar-refractivity contribution is 6.13. The first-order chi connectivity index (χ1) is 20.1. The number of hydrogen-bond acceptors (Lipinski definition) is 7. The third-order valence-corrected chi connectivity index (χ3v) is 6.97. The van der Waals surface area contributed by atoms with Gasteiger partial charge in [0.15, 0.2) is 0 Å². The summed E-state index contributed by atoms with van der Waals surface area (Å²) in [5.74, 6) is -1.41. The molecule has 2 N–H and O–H groups in total. The highest BCUT2D eigenvalue weighted by Gasteiger charge is 2.65. The number of amides is 1. The number of benzene rings is 1.